The summed E-state index contributed by atoms with van der Waals surface area (Å²) in [6.07, 6.45) is 3.91. The molecule has 2 heterocycles. The number of hydrogen-bond donors (Lipinski definition) is 1. The van der Waals surface area contributed by atoms with Crippen LogP contribution in [0.15, 0.2) is 23.1 Å². The van der Waals surface area contributed by atoms with Crippen molar-refractivity contribution in [3.8, 4) is 0 Å². The van der Waals surface area contributed by atoms with E-state index >= 15 is 0 Å². The average molecular weight is 400 g/mol. The predicted octanol–water partition coefficient (Wildman–Crippen LogP) is 1.64. The van der Waals surface area contributed by atoms with E-state index in [-0.39, 0.29) is 34.5 Å². The summed E-state index contributed by atoms with van der Waals surface area (Å²) in [7, 11) is -0.443. The van der Waals surface area contributed by atoms with Gasteiger partial charge in [-0.05, 0) is 61.9 Å². The van der Waals surface area contributed by atoms with Crippen LogP contribution < -0.4 is 10.2 Å². The highest BCUT2D eigenvalue weighted by atomic mass is 35.5. The number of benzene rings is 1. The molecule has 6 nitrogen and oxygen atoms in total. The van der Waals surface area contributed by atoms with E-state index in [2.05, 4.69) is 5.32 Å². The molecule has 1 N–H and O–H groups in total. The standard InChI is InChI=1S/C18H25N3O3S.ClH/c1-20(2)25(23,24)14-4-3-13-5-10-21(16(13)11-14)17(22)15-12-18(15)6-8-19-9-7-18;/h3-4,11,15,19H,5-10,12H2,1-2H3;1H. The number of sulfonamides is 1. The molecule has 0 aromatic heterocycles. The largest absolute Gasteiger partial charge is 0.317 e. The van der Waals surface area contributed by atoms with Gasteiger partial charge in [0.1, 0.15) is 0 Å². The van der Waals surface area contributed by atoms with Crippen LogP contribution in [-0.4, -0.2) is 52.4 Å². The lowest BCUT2D eigenvalue weighted by Gasteiger charge is -2.25. The maximum Gasteiger partial charge on any atom is 0.242 e. The molecule has 144 valence electrons. The summed E-state index contributed by atoms with van der Waals surface area (Å²) in [5, 5.41) is 3.36. The monoisotopic (exact) mass is 399 g/mol. The van der Waals surface area contributed by atoms with Crippen molar-refractivity contribution in [2.75, 3.05) is 38.6 Å². The maximum atomic E-state index is 13.1. The smallest absolute Gasteiger partial charge is 0.242 e. The summed E-state index contributed by atoms with van der Waals surface area (Å²) in [4.78, 5) is 15.2. The third kappa shape index (κ3) is 3.05. The summed E-state index contributed by atoms with van der Waals surface area (Å²) < 4.78 is 26.0. The van der Waals surface area contributed by atoms with Crippen molar-refractivity contribution in [3.63, 3.8) is 0 Å². The SMILES string of the molecule is CN(C)S(=O)(=O)c1ccc2c(c1)N(C(=O)C1CC13CCNCC3)CC2.Cl. The maximum absolute atomic E-state index is 13.1. The molecule has 0 radical (unpaired) electrons. The molecular weight excluding hydrogens is 374 g/mol. The molecule has 4 rings (SSSR count). The van der Waals surface area contributed by atoms with Crippen molar-refractivity contribution in [1.29, 1.82) is 0 Å². The number of nitrogens with zero attached hydrogens (tertiary/aromatic N) is 2. The van der Waals surface area contributed by atoms with E-state index in [9.17, 15) is 13.2 Å². The number of rotatable bonds is 3. The molecule has 0 bridgehead atoms. The minimum absolute atomic E-state index is 0. The van der Waals surface area contributed by atoms with Crippen LogP contribution >= 0.6 is 12.4 Å². The van der Waals surface area contributed by atoms with Crippen LogP contribution in [0.2, 0.25) is 0 Å². The van der Waals surface area contributed by atoms with Gasteiger partial charge in [-0.25, -0.2) is 12.7 Å². The Bertz CT molecular complexity index is 819. The van der Waals surface area contributed by atoms with Crippen molar-refractivity contribution in [3.05, 3.63) is 23.8 Å². The number of anilines is 1. The number of halogens is 1. The van der Waals surface area contributed by atoms with Crippen molar-refractivity contribution < 1.29 is 13.2 Å². The second kappa shape index (κ2) is 6.78. The zero-order valence-electron chi connectivity index (χ0n) is 15.2. The van der Waals surface area contributed by atoms with E-state index in [0.29, 0.717) is 6.54 Å². The van der Waals surface area contributed by atoms with Crippen LogP contribution in [0.1, 0.15) is 24.8 Å². The molecule has 1 saturated carbocycles. The fraction of sp³-hybridized carbons (Fsp3) is 0.611. The molecule has 1 unspecified atom stereocenters. The summed E-state index contributed by atoms with van der Waals surface area (Å²) in [5.41, 5.74) is 2.04. The normalized spacial score (nSPS) is 23.7. The molecule has 1 aromatic carbocycles. The van der Waals surface area contributed by atoms with Gasteiger partial charge in [-0.2, -0.15) is 0 Å². The van der Waals surface area contributed by atoms with Gasteiger partial charge in [-0.1, -0.05) is 6.07 Å². The van der Waals surface area contributed by atoms with Gasteiger partial charge in [-0.3, -0.25) is 4.79 Å². The van der Waals surface area contributed by atoms with Crippen LogP contribution in [-0.2, 0) is 21.2 Å². The highest BCUT2D eigenvalue weighted by Gasteiger charge is 2.59. The minimum Gasteiger partial charge on any atom is -0.317 e. The van der Waals surface area contributed by atoms with Gasteiger partial charge >= 0.3 is 0 Å². The van der Waals surface area contributed by atoms with E-state index in [4.69, 9.17) is 0 Å². The number of amides is 1. The lowest BCUT2D eigenvalue weighted by Crippen LogP contribution is -2.35. The van der Waals surface area contributed by atoms with E-state index < -0.39 is 10.0 Å². The molecule has 1 spiro atoms. The lowest BCUT2D eigenvalue weighted by atomic mass is 9.91. The van der Waals surface area contributed by atoms with Crippen LogP contribution in [0.3, 0.4) is 0 Å². The van der Waals surface area contributed by atoms with Gasteiger partial charge in [-0.15, -0.1) is 12.4 Å². The van der Waals surface area contributed by atoms with Crippen LogP contribution in [0.5, 0.6) is 0 Å². The summed E-state index contributed by atoms with van der Waals surface area (Å²) in [6.45, 7) is 2.64. The number of piperidine rings is 1. The number of hydrogen-bond acceptors (Lipinski definition) is 4. The zero-order chi connectivity index (χ0) is 17.8. The molecule has 2 aliphatic heterocycles. The van der Waals surface area contributed by atoms with Crippen LogP contribution in [0.25, 0.3) is 0 Å². The summed E-state index contributed by atoms with van der Waals surface area (Å²) >= 11 is 0. The number of carbonyl (C=O) groups is 1. The molecular formula is C18H26ClN3O3S. The van der Waals surface area contributed by atoms with Gasteiger partial charge in [0.15, 0.2) is 0 Å². The van der Waals surface area contributed by atoms with Crippen LogP contribution in [0.4, 0.5) is 5.69 Å². The highest BCUT2D eigenvalue weighted by Crippen LogP contribution is 2.59. The molecule has 1 saturated heterocycles. The van der Waals surface area contributed by atoms with Gasteiger partial charge in [0.2, 0.25) is 15.9 Å². The van der Waals surface area contributed by atoms with Gasteiger partial charge in [0, 0.05) is 32.2 Å². The van der Waals surface area contributed by atoms with E-state index in [1.54, 1.807) is 12.1 Å². The molecule has 1 aromatic rings. The highest BCUT2D eigenvalue weighted by molar-refractivity contribution is 7.89. The molecule has 8 heteroatoms. The Balaban J connectivity index is 0.00000196. The van der Waals surface area contributed by atoms with E-state index in [0.717, 1.165) is 50.0 Å². The Morgan fingerprint density at radius 3 is 2.62 bits per heavy atom. The van der Waals surface area contributed by atoms with Gasteiger partial charge < -0.3 is 10.2 Å². The molecule has 2 fully saturated rings. The van der Waals surface area contributed by atoms with E-state index in [1.807, 2.05) is 11.0 Å². The van der Waals surface area contributed by atoms with E-state index in [1.165, 1.54) is 18.4 Å². The zero-order valence-corrected chi connectivity index (χ0v) is 16.8. The molecule has 26 heavy (non-hydrogen) atoms. The molecule has 1 atom stereocenters. The second-order valence-electron chi connectivity index (χ2n) is 7.69. The quantitative estimate of drug-likeness (QED) is 0.838. The Labute approximate surface area is 161 Å². The fourth-order valence-electron chi connectivity index (χ4n) is 4.32. The Morgan fingerprint density at radius 2 is 1.96 bits per heavy atom. The van der Waals surface area contributed by atoms with Crippen molar-refractivity contribution in [2.24, 2.45) is 11.3 Å². The number of fused-ring (bicyclic) bond motifs is 1. The third-order valence-electron chi connectivity index (χ3n) is 6.08. The van der Waals surface area contributed by atoms with Gasteiger partial charge in [0.05, 0.1) is 4.90 Å². The third-order valence-corrected chi connectivity index (χ3v) is 7.90. The number of nitrogens with one attached hydrogen (secondary N) is 1. The van der Waals surface area contributed by atoms with Crippen LogP contribution in [0, 0.1) is 11.3 Å². The second-order valence-corrected chi connectivity index (χ2v) is 9.84. The fourth-order valence-corrected chi connectivity index (χ4v) is 5.24. The van der Waals surface area contributed by atoms with Crippen molar-refractivity contribution in [1.82, 2.24) is 9.62 Å². The Kier molecular flexibility index (Phi) is 5.11. The first-order valence-corrected chi connectivity index (χ1v) is 10.4. The number of carbonyl (C=O) groups excluding carboxylic acids is 1. The summed E-state index contributed by atoms with van der Waals surface area (Å²) in [5.74, 6) is 0.287. The minimum atomic E-state index is -3.49. The first kappa shape index (κ1) is 19.6. The first-order chi connectivity index (χ1) is 11.8. The summed E-state index contributed by atoms with van der Waals surface area (Å²) in [6, 6.07) is 5.17. The van der Waals surface area contributed by atoms with Crippen molar-refractivity contribution >= 4 is 34.0 Å². The topological polar surface area (TPSA) is 69.7 Å². The molecule has 3 aliphatic rings. The average Bonchev–Trinajstić information content (AvgIpc) is 3.11. The first-order valence-electron chi connectivity index (χ1n) is 8.93. The predicted molar refractivity (Wildman–Crippen MR) is 103 cm³/mol. The Morgan fingerprint density at radius 1 is 1.27 bits per heavy atom. The molecule has 1 amide bonds. The lowest BCUT2D eigenvalue weighted by molar-refractivity contribution is -0.120. The molecule has 1 aliphatic carbocycles. The van der Waals surface area contributed by atoms with Gasteiger partial charge in [0.25, 0.3) is 0 Å². The van der Waals surface area contributed by atoms with Crippen molar-refractivity contribution in [2.45, 2.75) is 30.6 Å². The Hall–Kier alpha value is -1.15.